The fourth-order valence-electron chi connectivity index (χ4n) is 3.95. The zero-order valence-corrected chi connectivity index (χ0v) is 19.0. The van der Waals surface area contributed by atoms with Crippen molar-refractivity contribution in [3.05, 3.63) is 42.2 Å². The van der Waals surface area contributed by atoms with Gasteiger partial charge in [-0.15, -0.1) is 0 Å². The summed E-state index contributed by atoms with van der Waals surface area (Å²) in [6.45, 7) is 5.88. The number of carbonyl (C=O) groups excluding carboxylic acids is 1. The molecule has 1 aliphatic heterocycles. The molecule has 1 aromatic carbocycles. The molecule has 8 nitrogen and oxygen atoms in total. The number of aromatic nitrogens is 3. The Morgan fingerprint density at radius 3 is 2.81 bits per heavy atom. The van der Waals surface area contributed by atoms with Gasteiger partial charge in [0, 0.05) is 50.7 Å². The largest absolute Gasteiger partial charge is 0.473 e. The summed E-state index contributed by atoms with van der Waals surface area (Å²) in [5, 5.41) is 0. The number of amides is 1. The lowest BCUT2D eigenvalue weighted by Crippen LogP contribution is -2.47. The third-order valence-corrected chi connectivity index (χ3v) is 5.60. The molecule has 0 aliphatic carbocycles. The van der Waals surface area contributed by atoms with Gasteiger partial charge in [-0.25, -0.2) is 9.97 Å². The molecule has 0 saturated carbocycles. The van der Waals surface area contributed by atoms with Gasteiger partial charge < -0.3 is 19.3 Å². The highest BCUT2D eigenvalue weighted by molar-refractivity contribution is 5.83. The SMILES string of the molecule is CCC(=O)N1CCO[C@H](COc2nc(-c3ccc(N(C)C)c(C)c3)cc3nccnc23)C1. The Bertz CT molecular complexity index is 1120. The van der Waals surface area contributed by atoms with E-state index in [9.17, 15) is 4.79 Å². The van der Waals surface area contributed by atoms with Crippen LogP contribution in [0, 0.1) is 6.92 Å². The van der Waals surface area contributed by atoms with Crippen molar-refractivity contribution in [1.29, 1.82) is 0 Å². The molecule has 1 amide bonds. The van der Waals surface area contributed by atoms with Crippen molar-refractivity contribution in [2.24, 2.45) is 0 Å². The Morgan fingerprint density at radius 2 is 2.06 bits per heavy atom. The Labute approximate surface area is 188 Å². The molecule has 32 heavy (non-hydrogen) atoms. The van der Waals surface area contributed by atoms with Crippen LogP contribution in [0.4, 0.5) is 5.69 Å². The first-order valence-electron chi connectivity index (χ1n) is 10.9. The van der Waals surface area contributed by atoms with Crippen LogP contribution in [0.2, 0.25) is 0 Å². The molecule has 3 aromatic rings. The molecule has 3 heterocycles. The molecule has 1 saturated heterocycles. The molecule has 0 bridgehead atoms. The number of benzene rings is 1. The fraction of sp³-hybridized carbons (Fsp3) is 0.417. The molecule has 0 unspecified atom stereocenters. The maximum absolute atomic E-state index is 12.1. The number of ether oxygens (including phenoxy) is 2. The number of hydrogen-bond donors (Lipinski definition) is 0. The summed E-state index contributed by atoms with van der Waals surface area (Å²) in [5.74, 6) is 0.550. The van der Waals surface area contributed by atoms with E-state index in [0.29, 0.717) is 43.0 Å². The lowest BCUT2D eigenvalue weighted by atomic mass is 10.1. The molecule has 168 valence electrons. The lowest BCUT2D eigenvalue weighted by Gasteiger charge is -2.32. The molecule has 4 rings (SSSR count). The minimum absolute atomic E-state index is 0.131. The molecule has 1 aliphatic rings. The number of hydrogen-bond acceptors (Lipinski definition) is 7. The highest BCUT2D eigenvalue weighted by Gasteiger charge is 2.24. The van der Waals surface area contributed by atoms with E-state index in [-0.39, 0.29) is 18.6 Å². The highest BCUT2D eigenvalue weighted by atomic mass is 16.5. The van der Waals surface area contributed by atoms with Crippen molar-refractivity contribution in [2.75, 3.05) is 45.3 Å². The summed E-state index contributed by atoms with van der Waals surface area (Å²) in [4.78, 5) is 29.6. The number of rotatable bonds is 6. The third-order valence-electron chi connectivity index (χ3n) is 5.60. The van der Waals surface area contributed by atoms with Crippen molar-refractivity contribution in [3.8, 4) is 17.1 Å². The van der Waals surface area contributed by atoms with Gasteiger partial charge in [0.05, 0.1) is 24.4 Å². The molecule has 1 fully saturated rings. The van der Waals surface area contributed by atoms with Crippen LogP contribution in [0.25, 0.3) is 22.3 Å². The zero-order valence-electron chi connectivity index (χ0n) is 19.0. The van der Waals surface area contributed by atoms with E-state index in [1.54, 1.807) is 12.4 Å². The molecular weight excluding hydrogens is 406 g/mol. The molecular formula is C24H29N5O3. The van der Waals surface area contributed by atoms with Gasteiger partial charge in [-0.05, 0) is 30.7 Å². The Hall–Kier alpha value is -3.26. The van der Waals surface area contributed by atoms with Gasteiger partial charge in [-0.1, -0.05) is 13.0 Å². The minimum atomic E-state index is -0.210. The molecule has 1 atom stereocenters. The number of carbonyl (C=O) groups is 1. The van der Waals surface area contributed by atoms with Crippen LogP contribution >= 0.6 is 0 Å². The van der Waals surface area contributed by atoms with Crippen molar-refractivity contribution in [3.63, 3.8) is 0 Å². The number of pyridine rings is 1. The maximum atomic E-state index is 12.1. The van der Waals surface area contributed by atoms with Crippen molar-refractivity contribution in [2.45, 2.75) is 26.4 Å². The van der Waals surface area contributed by atoms with Crippen LogP contribution < -0.4 is 9.64 Å². The summed E-state index contributed by atoms with van der Waals surface area (Å²) < 4.78 is 11.9. The van der Waals surface area contributed by atoms with Gasteiger partial charge in [-0.3, -0.25) is 9.78 Å². The van der Waals surface area contributed by atoms with Crippen LogP contribution in [0.3, 0.4) is 0 Å². The molecule has 0 spiro atoms. The first-order valence-corrected chi connectivity index (χ1v) is 10.9. The Morgan fingerprint density at radius 1 is 1.25 bits per heavy atom. The molecule has 2 aromatic heterocycles. The quantitative estimate of drug-likeness (QED) is 0.589. The predicted octanol–water partition coefficient (Wildman–Crippen LogP) is 3.08. The Balaban J connectivity index is 1.60. The molecule has 0 N–H and O–H groups in total. The number of anilines is 1. The first kappa shape index (κ1) is 22.0. The summed E-state index contributed by atoms with van der Waals surface area (Å²) in [6, 6.07) is 8.18. The second kappa shape index (κ2) is 9.48. The maximum Gasteiger partial charge on any atom is 0.242 e. The van der Waals surface area contributed by atoms with Crippen LogP contribution in [0.1, 0.15) is 18.9 Å². The van der Waals surface area contributed by atoms with E-state index in [2.05, 4.69) is 40.0 Å². The molecule has 8 heteroatoms. The van der Waals surface area contributed by atoms with E-state index in [1.165, 1.54) is 0 Å². The topological polar surface area (TPSA) is 80.7 Å². The first-order chi connectivity index (χ1) is 15.5. The van der Waals surface area contributed by atoms with Gasteiger partial charge in [0.2, 0.25) is 11.8 Å². The van der Waals surface area contributed by atoms with E-state index in [0.717, 1.165) is 22.5 Å². The second-order valence-electron chi connectivity index (χ2n) is 8.13. The normalized spacial score (nSPS) is 16.2. The average molecular weight is 436 g/mol. The minimum Gasteiger partial charge on any atom is -0.473 e. The third kappa shape index (κ3) is 4.65. The van der Waals surface area contributed by atoms with Crippen molar-refractivity contribution >= 4 is 22.6 Å². The summed E-state index contributed by atoms with van der Waals surface area (Å²) in [6.07, 6.45) is 3.57. The van der Waals surface area contributed by atoms with Gasteiger partial charge in [0.25, 0.3) is 0 Å². The summed E-state index contributed by atoms with van der Waals surface area (Å²) in [7, 11) is 4.06. The zero-order chi connectivity index (χ0) is 22.7. The van der Waals surface area contributed by atoms with Crippen LogP contribution in [0.15, 0.2) is 36.7 Å². The van der Waals surface area contributed by atoms with Gasteiger partial charge in [-0.2, -0.15) is 0 Å². The predicted molar refractivity (Wildman–Crippen MR) is 124 cm³/mol. The van der Waals surface area contributed by atoms with E-state index in [4.69, 9.17) is 14.5 Å². The van der Waals surface area contributed by atoms with Crippen molar-refractivity contribution in [1.82, 2.24) is 19.9 Å². The van der Waals surface area contributed by atoms with Crippen LogP contribution in [0.5, 0.6) is 5.88 Å². The van der Waals surface area contributed by atoms with E-state index in [1.807, 2.05) is 32.0 Å². The monoisotopic (exact) mass is 435 g/mol. The highest BCUT2D eigenvalue weighted by Crippen LogP contribution is 2.30. The van der Waals surface area contributed by atoms with Crippen LogP contribution in [-0.2, 0) is 9.53 Å². The van der Waals surface area contributed by atoms with E-state index < -0.39 is 0 Å². The van der Waals surface area contributed by atoms with Crippen molar-refractivity contribution < 1.29 is 14.3 Å². The van der Waals surface area contributed by atoms with Gasteiger partial charge >= 0.3 is 0 Å². The van der Waals surface area contributed by atoms with Gasteiger partial charge in [0.1, 0.15) is 12.7 Å². The standard InChI is InChI=1S/C24H29N5O3/c1-5-22(30)29-10-11-31-18(14-29)15-32-24-23-20(25-8-9-26-23)13-19(27-24)17-6-7-21(28(3)4)16(2)12-17/h6-9,12-13,18H,5,10-11,14-15H2,1-4H3/t18-/m0/s1. The number of morpholine rings is 1. The van der Waals surface area contributed by atoms with E-state index >= 15 is 0 Å². The summed E-state index contributed by atoms with van der Waals surface area (Å²) in [5.41, 5.74) is 5.40. The lowest BCUT2D eigenvalue weighted by molar-refractivity contribution is -0.139. The van der Waals surface area contributed by atoms with Crippen LogP contribution in [-0.4, -0.2) is 72.3 Å². The number of fused-ring (bicyclic) bond motifs is 1. The Kier molecular flexibility index (Phi) is 6.50. The smallest absolute Gasteiger partial charge is 0.242 e. The summed E-state index contributed by atoms with van der Waals surface area (Å²) >= 11 is 0. The average Bonchev–Trinajstić information content (AvgIpc) is 2.81. The number of aryl methyl sites for hydroxylation is 1. The molecule has 0 radical (unpaired) electrons. The number of nitrogens with zero attached hydrogens (tertiary/aromatic N) is 5. The van der Waals surface area contributed by atoms with Gasteiger partial charge in [0.15, 0.2) is 5.52 Å². The fourth-order valence-corrected chi connectivity index (χ4v) is 3.95. The second-order valence-corrected chi connectivity index (χ2v) is 8.13.